The first-order chi connectivity index (χ1) is 9.90. The summed E-state index contributed by atoms with van der Waals surface area (Å²) in [5, 5.41) is 0. The highest BCUT2D eigenvalue weighted by molar-refractivity contribution is 7.88. The molecule has 1 unspecified atom stereocenters. The summed E-state index contributed by atoms with van der Waals surface area (Å²) in [6.07, 6.45) is 2.63. The summed E-state index contributed by atoms with van der Waals surface area (Å²) in [7, 11) is -0.0622. The van der Waals surface area contributed by atoms with Gasteiger partial charge in [-0.2, -0.15) is 0 Å². The summed E-state index contributed by atoms with van der Waals surface area (Å²) < 4.78 is 34.7. The highest BCUT2D eigenvalue weighted by Crippen LogP contribution is 2.20. The van der Waals surface area contributed by atoms with E-state index in [0.717, 1.165) is 6.42 Å². The van der Waals surface area contributed by atoms with Crippen LogP contribution >= 0.6 is 0 Å². The Hall–Kier alpha value is -0.700. The van der Waals surface area contributed by atoms with Gasteiger partial charge in [0.05, 0.1) is 25.4 Å². The van der Waals surface area contributed by atoms with Crippen LogP contribution in [0, 0.1) is 5.92 Å². The van der Waals surface area contributed by atoms with Crippen LogP contribution in [-0.4, -0.2) is 83.4 Å². The minimum atomic E-state index is -3.24. The first-order valence-corrected chi connectivity index (χ1v) is 8.96. The summed E-state index contributed by atoms with van der Waals surface area (Å²) in [6, 6.07) is 0. The van der Waals surface area contributed by atoms with Gasteiger partial charge in [0.25, 0.3) is 0 Å². The largest absolute Gasteiger partial charge is 0.383 e. The highest BCUT2D eigenvalue weighted by Gasteiger charge is 2.32. The van der Waals surface area contributed by atoms with E-state index in [-0.39, 0.29) is 18.4 Å². The van der Waals surface area contributed by atoms with Crippen molar-refractivity contribution < 1.29 is 22.7 Å². The van der Waals surface area contributed by atoms with Crippen molar-refractivity contribution in [1.29, 1.82) is 0 Å². The summed E-state index contributed by atoms with van der Waals surface area (Å²) in [5.41, 5.74) is 0. The molecule has 1 heterocycles. The zero-order chi connectivity index (χ0) is 15.9. The van der Waals surface area contributed by atoms with E-state index >= 15 is 0 Å². The summed E-state index contributed by atoms with van der Waals surface area (Å²) >= 11 is 0. The van der Waals surface area contributed by atoms with E-state index in [1.54, 1.807) is 19.1 Å². The highest BCUT2D eigenvalue weighted by atomic mass is 32.2. The average Bonchev–Trinajstić information content (AvgIpc) is 2.46. The Labute approximate surface area is 127 Å². The standard InChI is InChI=1S/C13H26N2O5S/c1-19-9-7-14(8-10-20-2)13(16)12-5-4-6-15(11-12)21(3,17)18/h12H,4-11H2,1-3H3. The van der Waals surface area contributed by atoms with Crippen LogP contribution in [0.5, 0.6) is 0 Å². The van der Waals surface area contributed by atoms with Crippen LogP contribution < -0.4 is 0 Å². The molecule has 0 aliphatic carbocycles. The van der Waals surface area contributed by atoms with Crippen molar-refractivity contribution in [3.63, 3.8) is 0 Å². The molecule has 1 aliphatic heterocycles. The molecule has 0 N–H and O–H groups in total. The fourth-order valence-electron chi connectivity index (χ4n) is 2.44. The summed E-state index contributed by atoms with van der Waals surface area (Å²) in [4.78, 5) is 14.3. The molecule has 1 saturated heterocycles. The molecule has 0 bridgehead atoms. The van der Waals surface area contributed by atoms with Crippen molar-refractivity contribution in [3.05, 3.63) is 0 Å². The third kappa shape index (κ3) is 5.90. The van der Waals surface area contributed by atoms with Crippen molar-refractivity contribution in [3.8, 4) is 0 Å². The van der Waals surface area contributed by atoms with Gasteiger partial charge < -0.3 is 14.4 Å². The smallest absolute Gasteiger partial charge is 0.227 e. The predicted molar refractivity (Wildman–Crippen MR) is 79.5 cm³/mol. The van der Waals surface area contributed by atoms with E-state index in [2.05, 4.69) is 0 Å². The van der Waals surface area contributed by atoms with E-state index in [4.69, 9.17) is 9.47 Å². The van der Waals surface area contributed by atoms with Crippen LogP contribution in [0.2, 0.25) is 0 Å². The first kappa shape index (κ1) is 18.3. The lowest BCUT2D eigenvalue weighted by Crippen LogP contribution is -2.47. The van der Waals surface area contributed by atoms with Gasteiger partial charge in [0.1, 0.15) is 0 Å². The molecule has 0 aromatic rings. The Morgan fingerprint density at radius 2 is 1.81 bits per heavy atom. The maximum atomic E-state index is 12.6. The molecule has 1 aliphatic rings. The molecule has 7 nitrogen and oxygen atoms in total. The Bertz CT molecular complexity index is 418. The molecular formula is C13H26N2O5S. The topological polar surface area (TPSA) is 76.2 Å². The van der Waals surface area contributed by atoms with Crippen LogP contribution in [0.3, 0.4) is 0 Å². The number of piperidine rings is 1. The monoisotopic (exact) mass is 322 g/mol. The molecule has 124 valence electrons. The number of ether oxygens (including phenoxy) is 2. The van der Waals surface area contributed by atoms with Crippen LogP contribution in [0.1, 0.15) is 12.8 Å². The minimum Gasteiger partial charge on any atom is -0.383 e. The molecule has 1 fully saturated rings. The van der Waals surface area contributed by atoms with E-state index in [9.17, 15) is 13.2 Å². The lowest BCUT2D eigenvalue weighted by atomic mass is 9.98. The first-order valence-electron chi connectivity index (χ1n) is 7.12. The molecule has 1 amide bonds. The van der Waals surface area contributed by atoms with Gasteiger partial charge in [-0.25, -0.2) is 12.7 Å². The van der Waals surface area contributed by atoms with Crippen LogP contribution in [0.4, 0.5) is 0 Å². The molecule has 0 aromatic heterocycles. The van der Waals surface area contributed by atoms with E-state index < -0.39 is 10.0 Å². The molecule has 1 rings (SSSR count). The van der Waals surface area contributed by atoms with Crippen LogP contribution in [0.25, 0.3) is 0 Å². The Kier molecular flexibility index (Phi) is 7.58. The van der Waals surface area contributed by atoms with Gasteiger partial charge in [0.15, 0.2) is 0 Å². The van der Waals surface area contributed by atoms with Crippen molar-refractivity contribution in [2.75, 3.05) is 59.9 Å². The predicted octanol–water partition coefficient (Wildman–Crippen LogP) is -0.221. The van der Waals surface area contributed by atoms with Crippen molar-refractivity contribution >= 4 is 15.9 Å². The number of sulfonamides is 1. The van der Waals surface area contributed by atoms with Gasteiger partial charge >= 0.3 is 0 Å². The molecule has 0 radical (unpaired) electrons. The fourth-order valence-corrected chi connectivity index (χ4v) is 3.35. The maximum Gasteiger partial charge on any atom is 0.227 e. The molecule has 0 spiro atoms. The molecule has 21 heavy (non-hydrogen) atoms. The molecule has 8 heteroatoms. The van der Waals surface area contributed by atoms with E-state index in [1.807, 2.05) is 0 Å². The van der Waals surface area contributed by atoms with Crippen molar-refractivity contribution in [1.82, 2.24) is 9.21 Å². The number of carbonyl (C=O) groups is 1. The number of hydrogen-bond donors (Lipinski definition) is 0. The zero-order valence-corrected chi connectivity index (χ0v) is 13.9. The fraction of sp³-hybridized carbons (Fsp3) is 0.923. The number of amides is 1. The Balaban J connectivity index is 2.68. The molecule has 1 atom stereocenters. The summed E-state index contributed by atoms with van der Waals surface area (Å²) in [6.45, 7) is 2.67. The second-order valence-corrected chi connectivity index (χ2v) is 7.25. The molecule has 0 aromatic carbocycles. The zero-order valence-electron chi connectivity index (χ0n) is 13.1. The molecule has 0 saturated carbocycles. The number of nitrogens with zero attached hydrogens (tertiary/aromatic N) is 2. The minimum absolute atomic E-state index is 0.0162. The third-order valence-electron chi connectivity index (χ3n) is 3.64. The summed E-state index contributed by atoms with van der Waals surface area (Å²) in [5.74, 6) is -0.292. The second-order valence-electron chi connectivity index (χ2n) is 5.27. The van der Waals surface area contributed by atoms with Crippen LogP contribution in [0.15, 0.2) is 0 Å². The van der Waals surface area contributed by atoms with Gasteiger partial charge in [-0.05, 0) is 12.8 Å². The van der Waals surface area contributed by atoms with Crippen molar-refractivity contribution in [2.24, 2.45) is 5.92 Å². The Morgan fingerprint density at radius 3 is 2.29 bits per heavy atom. The van der Waals surface area contributed by atoms with E-state index in [1.165, 1.54) is 10.6 Å². The second kappa shape index (κ2) is 8.67. The molecular weight excluding hydrogens is 296 g/mol. The quantitative estimate of drug-likeness (QED) is 0.617. The number of rotatable bonds is 8. The lowest BCUT2D eigenvalue weighted by Gasteiger charge is -2.33. The van der Waals surface area contributed by atoms with Crippen LogP contribution in [-0.2, 0) is 24.3 Å². The van der Waals surface area contributed by atoms with Gasteiger partial charge in [0, 0.05) is 40.4 Å². The van der Waals surface area contributed by atoms with Crippen molar-refractivity contribution in [2.45, 2.75) is 12.8 Å². The number of carbonyl (C=O) groups excluding carboxylic acids is 1. The average molecular weight is 322 g/mol. The van der Waals surface area contributed by atoms with Gasteiger partial charge in [-0.15, -0.1) is 0 Å². The van der Waals surface area contributed by atoms with Gasteiger partial charge in [-0.3, -0.25) is 4.79 Å². The van der Waals surface area contributed by atoms with Gasteiger partial charge in [0.2, 0.25) is 15.9 Å². The lowest BCUT2D eigenvalue weighted by molar-refractivity contribution is -0.138. The Morgan fingerprint density at radius 1 is 1.24 bits per heavy atom. The SMILES string of the molecule is COCCN(CCOC)C(=O)C1CCCN(S(C)(=O)=O)C1. The third-order valence-corrected chi connectivity index (χ3v) is 4.91. The maximum absolute atomic E-state index is 12.6. The van der Waals surface area contributed by atoms with E-state index in [0.29, 0.717) is 39.3 Å². The normalized spacial score (nSPS) is 20.4. The number of methoxy groups -OCH3 is 2. The number of hydrogen-bond acceptors (Lipinski definition) is 5. The van der Waals surface area contributed by atoms with Gasteiger partial charge in [-0.1, -0.05) is 0 Å².